The molecule has 0 amide bonds. The Labute approximate surface area is 151 Å². The molecule has 0 aliphatic carbocycles. The van der Waals surface area contributed by atoms with Gasteiger partial charge < -0.3 is 5.32 Å². The van der Waals surface area contributed by atoms with E-state index in [-0.39, 0.29) is 0 Å². The van der Waals surface area contributed by atoms with Gasteiger partial charge in [0.1, 0.15) is 0 Å². The summed E-state index contributed by atoms with van der Waals surface area (Å²) < 4.78 is 1.29. The molecule has 0 aliphatic rings. The number of benzene rings is 3. The van der Waals surface area contributed by atoms with Gasteiger partial charge >= 0.3 is 0 Å². The smallest absolute Gasteiger partial charge is 0.0425 e. The lowest BCUT2D eigenvalue weighted by atomic mass is 9.95. The summed E-state index contributed by atoms with van der Waals surface area (Å²) in [4.78, 5) is 0. The van der Waals surface area contributed by atoms with E-state index in [1.54, 1.807) is 0 Å². The average Bonchev–Trinajstić information content (AvgIpc) is 2.55. The highest BCUT2D eigenvalue weighted by atomic mass is 127. The Bertz CT molecular complexity index is 789. The summed E-state index contributed by atoms with van der Waals surface area (Å²) in [7, 11) is 0. The molecule has 3 rings (SSSR count). The van der Waals surface area contributed by atoms with Gasteiger partial charge in [-0.2, -0.15) is 0 Å². The van der Waals surface area contributed by atoms with Crippen LogP contribution in [0.3, 0.4) is 0 Å². The fourth-order valence-electron chi connectivity index (χ4n) is 2.89. The van der Waals surface area contributed by atoms with Gasteiger partial charge in [-0.05, 0) is 65.3 Å². The van der Waals surface area contributed by atoms with Crippen LogP contribution in [0.15, 0.2) is 66.7 Å². The zero-order chi connectivity index (χ0) is 16.2. The standard InChI is InChI=1S/C21H20IN/c1-15-8-6-12-18(22)20(15)21-16(2)9-7-13-19(21)23-14-17-10-4-3-5-11-17/h3-13,23H,14H2,1-2H3. The third kappa shape index (κ3) is 3.58. The molecule has 0 aromatic heterocycles. The van der Waals surface area contributed by atoms with Gasteiger partial charge in [0.05, 0.1) is 0 Å². The monoisotopic (exact) mass is 413 g/mol. The number of halogens is 1. The van der Waals surface area contributed by atoms with Crippen molar-refractivity contribution in [3.8, 4) is 11.1 Å². The fourth-order valence-corrected chi connectivity index (χ4v) is 3.79. The van der Waals surface area contributed by atoms with Gasteiger partial charge in [-0.25, -0.2) is 0 Å². The third-order valence-corrected chi connectivity index (χ3v) is 4.97. The van der Waals surface area contributed by atoms with E-state index in [0.29, 0.717) is 0 Å². The molecule has 1 N–H and O–H groups in total. The van der Waals surface area contributed by atoms with Crippen molar-refractivity contribution >= 4 is 28.3 Å². The van der Waals surface area contributed by atoms with Crippen LogP contribution in [-0.4, -0.2) is 0 Å². The zero-order valence-electron chi connectivity index (χ0n) is 13.4. The van der Waals surface area contributed by atoms with Gasteiger partial charge in [-0.3, -0.25) is 0 Å². The lowest BCUT2D eigenvalue weighted by Gasteiger charge is -2.18. The molecule has 3 aromatic rings. The molecule has 0 saturated carbocycles. The second-order valence-corrected chi connectivity index (χ2v) is 6.93. The van der Waals surface area contributed by atoms with Crippen molar-refractivity contribution < 1.29 is 0 Å². The summed E-state index contributed by atoms with van der Waals surface area (Å²) in [6.07, 6.45) is 0. The van der Waals surface area contributed by atoms with Crippen LogP contribution in [0, 0.1) is 17.4 Å². The first-order valence-corrected chi connectivity index (χ1v) is 8.87. The Hall–Kier alpha value is -1.81. The molecule has 1 nitrogen and oxygen atoms in total. The van der Waals surface area contributed by atoms with E-state index in [9.17, 15) is 0 Å². The maximum Gasteiger partial charge on any atom is 0.0425 e. The Morgan fingerprint density at radius 2 is 1.39 bits per heavy atom. The van der Waals surface area contributed by atoms with Crippen molar-refractivity contribution in [2.45, 2.75) is 20.4 Å². The summed E-state index contributed by atoms with van der Waals surface area (Å²) in [6.45, 7) is 5.20. The van der Waals surface area contributed by atoms with Crippen LogP contribution < -0.4 is 5.32 Å². The maximum atomic E-state index is 3.62. The SMILES string of the molecule is Cc1cccc(I)c1-c1c(C)cccc1NCc1ccccc1. The summed E-state index contributed by atoms with van der Waals surface area (Å²) in [5.74, 6) is 0. The molecule has 0 spiro atoms. The van der Waals surface area contributed by atoms with Crippen molar-refractivity contribution in [3.05, 3.63) is 87.0 Å². The summed E-state index contributed by atoms with van der Waals surface area (Å²) >= 11 is 2.44. The van der Waals surface area contributed by atoms with Gasteiger partial charge in [-0.1, -0.05) is 54.6 Å². The minimum Gasteiger partial charge on any atom is -0.380 e. The van der Waals surface area contributed by atoms with E-state index in [1.165, 1.54) is 37.1 Å². The van der Waals surface area contributed by atoms with Crippen molar-refractivity contribution in [2.24, 2.45) is 0 Å². The molecule has 2 heteroatoms. The Kier molecular flexibility index (Phi) is 5.01. The number of rotatable bonds is 4. The van der Waals surface area contributed by atoms with Crippen LogP contribution in [0.4, 0.5) is 5.69 Å². The molecule has 0 unspecified atom stereocenters. The lowest BCUT2D eigenvalue weighted by molar-refractivity contribution is 1.15. The molecule has 0 saturated heterocycles. The molecule has 0 radical (unpaired) electrons. The van der Waals surface area contributed by atoms with E-state index in [1.807, 2.05) is 0 Å². The van der Waals surface area contributed by atoms with Gasteiger partial charge in [-0.15, -0.1) is 0 Å². The van der Waals surface area contributed by atoms with Crippen LogP contribution >= 0.6 is 22.6 Å². The predicted octanol–water partition coefficient (Wildman–Crippen LogP) is 6.19. The Morgan fingerprint density at radius 1 is 0.739 bits per heavy atom. The summed E-state index contributed by atoms with van der Waals surface area (Å²) in [5, 5.41) is 3.62. The van der Waals surface area contributed by atoms with Gasteiger partial charge in [0.25, 0.3) is 0 Å². The van der Waals surface area contributed by atoms with Crippen molar-refractivity contribution in [2.75, 3.05) is 5.32 Å². The number of aryl methyl sites for hydroxylation is 2. The van der Waals surface area contributed by atoms with Crippen LogP contribution in [0.25, 0.3) is 11.1 Å². The second-order valence-electron chi connectivity index (χ2n) is 5.77. The fraction of sp³-hybridized carbons (Fsp3) is 0.143. The first-order valence-electron chi connectivity index (χ1n) is 7.79. The lowest BCUT2D eigenvalue weighted by Crippen LogP contribution is -2.03. The highest BCUT2D eigenvalue weighted by Gasteiger charge is 2.13. The first kappa shape index (κ1) is 16.1. The molecule has 0 aliphatic heterocycles. The molecule has 3 aromatic carbocycles. The highest BCUT2D eigenvalue weighted by molar-refractivity contribution is 14.1. The van der Waals surface area contributed by atoms with Crippen LogP contribution in [0.2, 0.25) is 0 Å². The summed E-state index contributed by atoms with van der Waals surface area (Å²) in [5.41, 5.74) is 7.75. The van der Waals surface area contributed by atoms with E-state index in [4.69, 9.17) is 0 Å². The third-order valence-electron chi connectivity index (χ3n) is 4.07. The number of hydrogen-bond acceptors (Lipinski definition) is 1. The first-order chi connectivity index (χ1) is 11.2. The average molecular weight is 413 g/mol. The minimum absolute atomic E-state index is 0.833. The van der Waals surface area contributed by atoms with Crippen molar-refractivity contribution in [1.82, 2.24) is 0 Å². The maximum absolute atomic E-state index is 3.62. The van der Waals surface area contributed by atoms with E-state index < -0.39 is 0 Å². The number of hydrogen-bond donors (Lipinski definition) is 1. The van der Waals surface area contributed by atoms with Crippen LogP contribution in [0.5, 0.6) is 0 Å². The molecular weight excluding hydrogens is 393 g/mol. The Balaban J connectivity index is 2.01. The molecule has 0 bridgehead atoms. The molecule has 23 heavy (non-hydrogen) atoms. The van der Waals surface area contributed by atoms with Crippen LogP contribution in [0.1, 0.15) is 16.7 Å². The van der Waals surface area contributed by atoms with Gasteiger partial charge in [0, 0.05) is 26.9 Å². The zero-order valence-corrected chi connectivity index (χ0v) is 15.6. The summed E-state index contributed by atoms with van der Waals surface area (Å²) in [6, 6.07) is 23.5. The van der Waals surface area contributed by atoms with Crippen LogP contribution in [-0.2, 0) is 6.54 Å². The van der Waals surface area contributed by atoms with Gasteiger partial charge in [0.15, 0.2) is 0 Å². The van der Waals surface area contributed by atoms with Crippen molar-refractivity contribution in [1.29, 1.82) is 0 Å². The molecule has 0 heterocycles. The normalized spacial score (nSPS) is 10.6. The topological polar surface area (TPSA) is 12.0 Å². The van der Waals surface area contributed by atoms with E-state index in [2.05, 4.69) is 108 Å². The largest absolute Gasteiger partial charge is 0.380 e. The molecule has 116 valence electrons. The molecule has 0 fully saturated rings. The van der Waals surface area contributed by atoms with E-state index in [0.717, 1.165) is 6.54 Å². The molecule has 0 atom stereocenters. The van der Waals surface area contributed by atoms with Crippen molar-refractivity contribution in [3.63, 3.8) is 0 Å². The minimum atomic E-state index is 0.833. The number of anilines is 1. The van der Waals surface area contributed by atoms with Gasteiger partial charge in [0.2, 0.25) is 0 Å². The van der Waals surface area contributed by atoms with E-state index >= 15 is 0 Å². The Morgan fingerprint density at radius 3 is 2.09 bits per heavy atom. The number of nitrogens with one attached hydrogen (secondary N) is 1. The quantitative estimate of drug-likeness (QED) is 0.503. The molecular formula is C21H20IN. The second kappa shape index (κ2) is 7.18. The predicted molar refractivity (Wildman–Crippen MR) is 108 cm³/mol. The highest BCUT2D eigenvalue weighted by Crippen LogP contribution is 2.36.